The highest BCUT2D eigenvalue weighted by molar-refractivity contribution is 6.02. The van der Waals surface area contributed by atoms with Crippen LogP contribution in [0.1, 0.15) is 15.9 Å². The summed E-state index contributed by atoms with van der Waals surface area (Å²) in [6, 6.07) is 5.68. The fourth-order valence-electron chi connectivity index (χ4n) is 2.26. The molecule has 0 unspecified atom stereocenters. The third-order valence-corrected chi connectivity index (χ3v) is 3.34. The Morgan fingerprint density at radius 1 is 1.09 bits per heavy atom. The molecule has 0 atom stereocenters. The number of carbonyl (C=O) groups is 1. The lowest BCUT2D eigenvalue weighted by molar-refractivity contribution is -0.137. The molecule has 2 aromatic rings. The Labute approximate surface area is 122 Å². The molecule has 0 bridgehead atoms. The average Bonchev–Trinajstić information content (AvgIpc) is 2.48. The van der Waals surface area contributed by atoms with Crippen molar-refractivity contribution in [1.82, 2.24) is 10.3 Å². The zero-order valence-corrected chi connectivity index (χ0v) is 11.1. The van der Waals surface area contributed by atoms with Gasteiger partial charge in [0.15, 0.2) is 0 Å². The van der Waals surface area contributed by atoms with Crippen molar-refractivity contribution >= 4 is 17.3 Å². The van der Waals surface area contributed by atoms with Crippen LogP contribution in [0, 0.1) is 0 Å². The summed E-state index contributed by atoms with van der Waals surface area (Å²) in [7, 11) is 0. The molecule has 1 amide bonds. The van der Waals surface area contributed by atoms with Gasteiger partial charge in [-0.15, -0.1) is 0 Å². The number of nitrogens with zero attached hydrogens (tertiary/aromatic N) is 1. The molecule has 114 valence electrons. The SMILES string of the molecule is O=C1NCN(c2ccc(=O)[nH]c2)c2cc(C(F)(F)F)ccc21. The van der Waals surface area contributed by atoms with Crippen molar-refractivity contribution in [1.29, 1.82) is 0 Å². The maximum absolute atomic E-state index is 12.9. The Balaban J connectivity index is 2.13. The van der Waals surface area contributed by atoms with Gasteiger partial charge in [0.05, 0.1) is 29.2 Å². The molecule has 1 aromatic heterocycles. The van der Waals surface area contributed by atoms with Crippen LogP contribution in [-0.2, 0) is 6.18 Å². The number of pyridine rings is 1. The highest BCUT2D eigenvalue weighted by Crippen LogP contribution is 2.36. The zero-order valence-electron chi connectivity index (χ0n) is 11.1. The van der Waals surface area contributed by atoms with E-state index >= 15 is 0 Å². The lowest BCUT2D eigenvalue weighted by Crippen LogP contribution is -2.41. The number of aromatic nitrogens is 1. The van der Waals surface area contributed by atoms with E-state index in [1.54, 1.807) is 0 Å². The Hall–Kier alpha value is -2.77. The number of fused-ring (bicyclic) bond motifs is 1. The van der Waals surface area contributed by atoms with Crippen molar-refractivity contribution in [2.75, 3.05) is 11.6 Å². The molecular formula is C14H10F3N3O2. The van der Waals surface area contributed by atoms with Gasteiger partial charge in [0, 0.05) is 12.3 Å². The normalized spacial score (nSPS) is 14.5. The van der Waals surface area contributed by atoms with Crippen LogP contribution in [0.5, 0.6) is 0 Å². The van der Waals surface area contributed by atoms with E-state index in [0.29, 0.717) is 5.69 Å². The van der Waals surface area contributed by atoms with Gasteiger partial charge in [-0.1, -0.05) is 0 Å². The van der Waals surface area contributed by atoms with E-state index in [9.17, 15) is 22.8 Å². The van der Waals surface area contributed by atoms with Gasteiger partial charge < -0.3 is 15.2 Å². The minimum atomic E-state index is -4.50. The summed E-state index contributed by atoms with van der Waals surface area (Å²) in [5.41, 5.74) is -0.402. The number of carbonyl (C=O) groups excluding carboxylic acids is 1. The molecule has 0 fully saturated rings. The van der Waals surface area contributed by atoms with E-state index in [0.717, 1.165) is 18.2 Å². The maximum Gasteiger partial charge on any atom is 0.416 e. The van der Waals surface area contributed by atoms with E-state index in [-0.39, 0.29) is 23.5 Å². The van der Waals surface area contributed by atoms with Gasteiger partial charge in [-0.25, -0.2) is 0 Å². The van der Waals surface area contributed by atoms with Crippen molar-refractivity contribution in [2.45, 2.75) is 6.18 Å². The van der Waals surface area contributed by atoms with Crippen LogP contribution in [0.3, 0.4) is 0 Å². The van der Waals surface area contributed by atoms with Gasteiger partial charge in [-0.3, -0.25) is 9.59 Å². The van der Waals surface area contributed by atoms with E-state index in [1.807, 2.05) is 0 Å². The Kier molecular flexibility index (Phi) is 3.16. The van der Waals surface area contributed by atoms with Gasteiger partial charge in [-0.2, -0.15) is 13.2 Å². The van der Waals surface area contributed by atoms with Crippen LogP contribution in [0.25, 0.3) is 0 Å². The molecule has 2 heterocycles. The molecule has 1 aromatic carbocycles. The first kappa shape index (κ1) is 14.2. The number of anilines is 2. The fourth-order valence-corrected chi connectivity index (χ4v) is 2.26. The number of aromatic amines is 1. The number of benzene rings is 1. The lowest BCUT2D eigenvalue weighted by Gasteiger charge is -2.31. The third-order valence-electron chi connectivity index (χ3n) is 3.34. The number of nitrogens with one attached hydrogen (secondary N) is 2. The molecule has 0 aliphatic carbocycles. The molecule has 22 heavy (non-hydrogen) atoms. The van der Waals surface area contributed by atoms with Gasteiger partial charge in [0.2, 0.25) is 5.56 Å². The molecule has 0 saturated carbocycles. The van der Waals surface area contributed by atoms with E-state index in [1.165, 1.54) is 23.2 Å². The second-order valence-electron chi connectivity index (χ2n) is 4.73. The fraction of sp³-hybridized carbons (Fsp3) is 0.143. The molecule has 2 N–H and O–H groups in total. The summed E-state index contributed by atoms with van der Waals surface area (Å²) in [6.45, 7) is 0.0131. The topological polar surface area (TPSA) is 65.2 Å². The third kappa shape index (κ3) is 2.43. The van der Waals surface area contributed by atoms with E-state index < -0.39 is 17.6 Å². The predicted molar refractivity (Wildman–Crippen MR) is 73.0 cm³/mol. The van der Waals surface area contributed by atoms with E-state index in [4.69, 9.17) is 0 Å². The summed E-state index contributed by atoms with van der Waals surface area (Å²) < 4.78 is 38.6. The van der Waals surface area contributed by atoms with Crippen LogP contribution in [0.15, 0.2) is 41.3 Å². The minimum absolute atomic E-state index is 0.0131. The molecule has 0 spiro atoms. The Morgan fingerprint density at radius 3 is 2.50 bits per heavy atom. The van der Waals surface area contributed by atoms with Gasteiger partial charge in [-0.05, 0) is 24.3 Å². The smallest absolute Gasteiger partial charge is 0.334 e. The van der Waals surface area contributed by atoms with Crippen molar-refractivity contribution < 1.29 is 18.0 Å². The summed E-state index contributed by atoms with van der Waals surface area (Å²) >= 11 is 0. The largest absolute Gasteiger partial charge is 0.416 e. The second-order valence-corrected chi connectivity index (χ2v) is 4.73. The first-order valence-corrected chi connectivity index (χ1v) is 6.32. The molecule has 5 nitrogen and oxygen atoms in total. The number of hydrogen-bond acceptors (Lipinski definition) is 3. The summed E-state index contributed by atoms with van der Waals surface area (Å²) in [5.74, 6) is -0.440. The van der Waals surface area contributed by atoms with Crippen molar-refractivity contribution in [3.8, 4) is 0 Å². The van der Waals surface area contributed by atoms with Gasteiger partial charge >= 0.3 is 6.18 Å². The quantitative estimate of drug-likeness (QED) is 0.849. The monoisotopic (exact) mass is 309 g/mol. The number of rotatable bonds is 1. The first-order chi connectivity index (χ1) is 10.4. The van der Waals surface area contributed by atoms with Gasteiger partial charge in [0.1, 0.15) is 0 Å². The standard InChI is InChI=1S/C14H10F3N3O2/c15-14(16,17)8-1-3-10-11(5-8)20(7-19-13(10)22)9-2-4-12(21)18-6-9/h1-6H,7H2,(H,18,21)(H,19,22). The van der Waals surface area contributed by atoms with Gasteiger partial charge in [0.25, 0.3) is 5.91 Å². The Bertz CT molecular complexity index is 778. The molecule has 8 heteroatoms. The summed E-state index contributed by atoms with van der Waals surface area (Å²) in [6.07, 6.45) is -3.12. The second kappa shape index (κ2) is 4.90. The number of H-pyrrole nitrogens is 1. The number of amides is 1. The van der Waals surface area contributed by atoms with Crippen LogP contribution in [0.2, 0.25) is 0 Å². The molecular weight excluding hydrogens is 299 g/mol. The summed E-state index contributed by atoms with van der Waals surface area (Å²) in [4.78, 5) is 26.8. The molecule has 1 aliphatic rings. The predicted octanol–water partition coefficient (Wildman–Crippen LogP) is 2.23. The molecule has 1 aliphatic heterocycles. The summed E-state index contributed by atoms with van der Waals surface area (Å²) in [5, 5.41) is 2.57. The van der Waals surface area contributed by atoms with Crippen molar-refractivity contribution in [2.24, 2.45) is 0 Å². The first-order valence-electron chi connectivity index (χ1n) is 6.32. The van der Waals surface area contributed by atoms with Crippen LogP contribution < -0.4 is 15.8 Å². The molecule has 3 rings (SSSR count). The number of alkyl halides is 3. The number of halogens is 3. The van der Waals surface area contributed by atoms with Crippen LogP contribution in [0.4, 0.5) is 24.5 Å². The van der Waals surface area contributed by atoms with Crippen molar-refractivity contribution in [3.63, 3.8) is 0 Å². The molecule has 0 radical (unpaired) electrons. The minimum Gasteiger partial charge on any atom is -0.334 e. The lowest BCUT2D eigenvalue weighted by atomic mass is 10.0. The average molecular weight is 309 g/mol. The highest BCUT2D eigenvalue weighted by Gasteiger charge is 2.33. The number of hydrogen-bond donors (Lipinski definition) is 2. The van der Waals surface area contributed by atoms with Crippen LogP contribution >= 0.6 is 0 Å². The van der Waals surface area contributed by atoms with Crippen LogP contribution in [-0.4, -0.2) is 17.6 Å². The highest BCUT2D eigenvalue weighted by atomic mass is 19.4. The van der Waals surface area contributed by atoms with Crippen molar-refractivity contribution in [3.05, 3.63) is 58.0 Å². The maximum atomic E-state index is 12.9. The van der Waals surface area contributed by atoms with E-state index in [2.05, 4.69) is 10.3 Å². The zero-order chi connectivity index (χ0) is 15.9. The Morgan fingerprint density at radius 2 is 1.86 bits per heavy atom. The molecule has 0 saturated heterocycles.